The Balaban J connectivity index is 1.31. The van der Waals surface area contributed by atoms with Gasteiger partial charge in [-0.25, -0.2) is 0 Å². The molecule has 2 N–H and O–H groups in total. The van der Waals surface area contributed by atoms with Crippen molar-refractivity contribution in [2.45, 2.75) is 63.4 Å². The molecule has 4 aliphatic rings. The Hall–Kier alpha value is -3.65. The van der Waals surface area contributed by atoms with Gasteiger partial charge in [0.15, 0.2) is 0 Å². The number of carbonyl (C=O) groups excluding carboxylic acids is 3. The van der Waals surface area contributed by atoms with Crippen molar-refractivity contribution in [3.63, 3.8) is 0 Å². The van der Waals surface area contributed by atoms with E-state index < -0.39 is 29.6 Å². The summed E-state index contributed by atoms with van der Waals surface area (Å²) in [5.41, 5.74) is 0.335. The highest BCUT2D eigenvalue weighted by atomic mass is 16.5. The Morgan fingerprint density at radius 1 is 1.05 bits per heavy atom. The lowest BCUT2D eigenvalue weighted by molar-refractivity contribution is -0.142. The average molecular weight is 544 g/mol. The summed E-state index contributed by atoms with van der Waals surface area (Å²) in [5.74, 6) is -0.733. The van der Waals surface area contributed by atoms with Gasteiger partial charge in [-0.15, -0.1) is 0 Å². The van der Waals surface area contributed by atoms with Crippen LogP contribution in [0.5, 0.6) is 5.75 Å². The minimum absolute atomic E-state index is 0.0390. The van der Waals surface area contributed by atoms with E-state index in [0.717, 1.165) is 24.8 Å². The molecule has 6 rings (SSSR count). The molecule has 0 unspecified atom stereocenters. The number of amides is 3. The highest BCUT2D eigenvalue weighted by Gasteiger charge is 2.72. The molecule has 40 heavy (non-hydrogen) atoms. The number of ether oxygens (including phenoxy) is 2. The van der Waals surface area contributed by atoms with Crippen molar-refractivity contribution in [1.82, 2.24) is 10.2 Å². The van der Waals surface area contributed by atoms with E-state index in [0.29, 0.717) is 23.3 Å². The molecule has 1 spiro atoms. The molecule has 3 fully saturated rings. The van der Waals surface area contributed by atoms with Crippen molar-refractivity contribution in [1.29, 1.82) is 0 Å². The summed E-state index contributed by atoms with van der Waals surface area (Å²) in [6.07, 6.45) is 6.27. The van der Waals surface area contributed by atoms with Gasteiger partial charge in [0.2, 0.25) is 17.7 Å². The second-order valence-corrected chi connectivity index (χ2v) is 11.8. The standard InChI is InChI=1S/C32H37N3O5/c1-19-8-7-11-24(20(19)2)34-30(37)28-32-17-16-25(40-32)26(29(36)33-22-12-14-23(39-3)15-13-22)27(32)31(38)35(28)18-21-9-5-4-6-10-21/h4-6,9-10,12-17,19-20,24-28H,7-8,11,18H2,1-3H3,(H,33,36)(H,34,37)/t19-,20+,24-,25+,26-,27+,28+,32+/m1/s1. The normalized spacial score (nSPS) is 34.0. The maximum Gasteiger partial charge on any atom is 0.246 e. The lowest BCUT2D eigenvalue weighted by atomic mass is 9.73. The predicted molar refractivity (Wildman–Crippen MR) is 150 cm³/mol. The monoisotopic (exact) mass is 543 g/mol. The molecule has 8 heteroatoms. The molecule has 2 bridgehead atoms. The molecule has 3 aliphatic heterocycles. The summed E-state index contributed by atoms with van der Waals surface area (Å²) in [5, 5.41) is 6.26. The minimum Gasteiger partial charge on any atom is -0.497 e. The molecule has 3 heterocycles. The number of carbonyl (C=O) groups is 3. The number of benzene rings is 2. The topological polar surface area (TPSA) is 97.0 Å². The van der Waals surface area contributed by atoms with Gasteiger partial charge in [0.25, 0.3) is 0 Å². The zero-order valence-electron chi connectivity index (χ0n) is 23.2. The highest BCUT2D eigenvalue weighted by molar-refractivity contribution is 6.02. The Kier molecular flexibility index (Phi) is 6.90. The average Bonchev–Trinajstić information content (AvgIpc) is 3.60. The number of hydrogen-bond donors (Lipinski definition) is 2. The molecular weight excluding hydrogens is 506 g/mol. The largest absolute Gasteiger partial charge is 0.497 e. The molecule has 210 valence electrons. The second kappa shape index (κ2) is 10.4. The fourth-order valence-electron chi connectivity index (χ4n) is 7.17. The van der Waals surface area contributed by atoms with Crippen LogP contribution in [0.25, 0.3) is 0 Å². The van der Waals surface area contributed by atoms with Crippen LogP contribution >= 0.6 is 0 Å². The first kappa shape index (κ1) is 26.6. The van der Waals surface area contributed by atoms with Crippen molar-refractivity contribution < 1.29 is 23.9 Å². The quantitative estimate of drug-likeness (QED) is 0.516. The van der Waals surface area contributed by atoms with Gasteiger partial charge in [-0.1, -0.05) is 69.2 Å². The number of nitrogens with zero attached hydrogens (tertiary/aromatic N) is 1. The third-order valence-electron chi connectivity index (χ3n) is 9.51. The van der Waals surface area contributed by atoms with Gasteiger partial charge in [0.05, 0.1) is 25.0 Å². The van der Waals surface area contributed by atoms with Gasteiger partial charge in [-0.3, -0.25) is 14.4 Å². The first-order valence-electron chi connectivity index (χ1n) is 14.3. The molecule has 1 saturated carbocycles. The molecule has 8 nitrogen and oxygen atoms in total. The van der Waals surface area contributed by atoms with Crippen LogP contribution < -0.4 is 15.4 Å². The van der Waals surface area contributed by atoms with Crippen molar-refractivity contribution in [3.8, 4) is 5.75 Å². The van der Waals surface area contributed by atoms with Gasteiger partial charge < -0.3 is 25.0 Å². The third-order valence-corrected chi connectivity index (χ3v) is 9.51. The molecule has 1 aliphatic carbocycles. The highest BCUT2D eigenvalue weighted by Crippen LogP contribution is 2.55. The fraction of sp³-hybridized carbons (Fsp3) is 0.469. The van der Waals surface area contributed by atoms with Gasteiger partial charge in [-0.2, -0.15) is 0 Å². The summed E-state index contributed by atoms with van der Waals surface area (Å²) in [7, 11) is 1.58. The molecule has 2 aromatic rings. The SMILES string of the molecule is COc1ccc(NC(=O)[C@@H]2[C@@H]3C=C[C@]4(O3)[C@@H]2C(=O)N(Cc2ccccc2)[C@H]4C(=O)N[C@@H]2CCC[C@@H](C)[C@@H]2C)cc1. The number of fused-ring (bicyclic) bond motifs is 1. The van der Waals surface area contributed by atoms with E-state index in [-0.39, 0.29) is 30.3 Å². The Labute approximate surface area is 235 Å². The smallest absolute Gasteiger partial charge is 0.246 e. The summed E-state index contributed by atoms with van der Waals surface area (Å²) in [6.45, 7) is 4.69. The Bertz CT molecular complexity index is 1310. The number of hydrogen-bond acceptors (Lipinski definition) is 5. The molecule has 2 saturated heterocycles. The lowest BCUT2D eigenvalue weighted by Crippen LogP contribution is -2.57. The third kappa shape index (κ3) is 4.38. The van der Waals surface area contributed by atoms with E-state index in [1.54, 1.807) is 36.3 Å². The second-order valence-electron chi connectivity index (χ2n) is 11.8. The van der Waals surface area contributed by atoms with Crippen LogP contribution in [0.1, 0.15) is 38.7 Å². The molecule has 2 aromatic carbocycles. The molecule has 8 atom stereocenters. The maximum absolute atomic E-state index is 14.2. The number of likely N-dealkylation sites (tertiary alicyclic amines) is 1. The van der Waals surface area contributed by atoms with Gasteiger partial charge in [0, 0.05) is 18.3 Å². The minimum atomic E-state index is -1.19. The van der Waals surface area contributed by atoms with Gasteiger partial charge >= 0.3 is 0 Å². The number of nitrogens with one attached hydrogen (secondary N) is 2. The van der Waals surface area contributed by atoms with E-state index in [1.807, 2.05) is 42.5 Å². The summed E-state index contributed by atoms with van der Waals surface area (Å²) in [6, 6.07) is 15.9. The Morgan fingerprint density at radius 2 is 1.80 bits per heavy atom. The molecule has 0 radical (unpaired) electrons. The molecule has 3 amide bonds. The predicted octanol–water partition coefficient (Wildman–Crippen LogP) is 3.93. The summed E-state index contributed by atoms with van der Waals surface area (Å²) >= 11 is 0. The molecule has 0 aromatic heterocycles. The van der Waals surface area contributed by atoms with Crippen LogP contribution in [0, 0.1) is 23.7 Å². The van der Waals surface area contributed by atoms with Crippen molar-refractivity contribution in [2.75, 3.05) is 12.4 Å². The van der Waals surface area contributed by atoms with E-state index >= 15 is 0 Å². The zero-order chi connectivity index (χ0) is 28.0. The van der Waals surface area contributed by atoms with Crippen LogP contribution in [0.4, 0.5) is 5.69 Å². The van der Waals surface area contributed by atoms with E-state index in [1.165, 1.54) is 0 Å². The molecular formula is C32H37N3O5. The van der Waals surface area contributed by atoms with Gasteiger partial charge in [-0.05, 0) is 48.1 Å². The van der Waals surface area contributed by atoms with E-state index in [9.17, 15) is 14.4 Å². The van der Waals surface area contributed by atoms with Crippen LogP contribution in [-0.4, -0.2) is 53.5 Å². The summed E-state index contributed by atoms with van der Waals surface area (Å²) < 4.78 is 11.7. The van der Waals surface area contributed by atoms with Crippen molar-refractivity contribution >= 4 is 23.4 Å². The first-order chi connectivity index (χ1) is 19.3. The van der Waals surface area contributed by atoms with Crippen LogP contribution in [0.2, 0.25) is 0 Å². The lowest BCUT2D eigenvalue weighted by Gasteiger charge is -2.38. The van der Waals surface area contributed by atoms with Crippen LogP contribution in [0.15, 0.2) is 66.7 Å². The van der Waals surface area contributed by atoms with Crippen molar-refractivity contribution in [2.24, 2.45) is 23.7 Å². The number of anilines is 1. The maximum atomic E-state index is 14.2. The summed E-state index contributed by atoms with van der Waals surface area (Å²) in [4.78, 5) is 43.6. The van der Waals surface area contributed by atoms with E-state index in [4.69, 9.17) is 9.47 Å². The zero-order valence-corrected chi connectivity index (χ0v) is 23.2. The number of rotatable bonds is 7. The number of methoxy groups -OCH3 is 1. The van der Waals surface area contributed by atoms with Gasteiger partial charge in [0.1, 0.15) is 17.4 Å². The fourth-order valence-corrected chi connectivity index (χ4v) is 7.17. The van der Waals surface area contributed by atoms with Crippen LogP contribution in [0.3, 0.4) is 0 Å². The van der Waals surface area contributed by atoms with E-state index in [2.05, 4.69) is 24.5 Å². The van der Waals surface area contributed by atoms with Crippen molar-refractivity contribution in [3.05, 3.63) is 72.3 Å². The van der Waals surface area contributed by atoms with Crippen LogP contribution in [-0.2, 0) is 25.7 Å². The first-order valence-corrected chi connectivity index (χ1v) is 14.3. The Morgan fingerprint density at radius 3 is 2.52 bits per heavy atom.